The van der Waals surface area contributed by atoms with Gasteiger partial charge in [-0.3, -0.25) is 0 Å². The van der Waals surface area contributed by atoms with Crippen LogP contribution in [0.3, 0.4) is 0 Å². The van der Waals surface area contributed by atoms with Gasteiger partial charge in [0.05, 0.1) is 6.33 Å². The highest BCUT2D eigenvalue weighted by Crippen LogP contribution is 2.12. The van der Waals surface area contributed by atoms with Crippen molar-refractivity contribution in [3.63, 3.8) is 0 Å². The van der Waals surface area contributed by atoms with Crippen LogP contribution in [-0.4, -0.2) is 19.5 Å². The Morgan fingerprint density at radius 2 is 2.50 bits per heavy atom. The second-order valence-corrected chi connectivity index (χ2v) is 3.20. The Morgan fingerprint density at radius 3 is 3.21 bits per heavy atom. The zero-order chi connectivity index (χ0) is 10.1. The Hall–Kier alpha value is -1.69. The number of hydrogen-bond acceptors (Lipinski definition) is 4. The molecule has 6 heteroatoms. The first kappa shape index (κ1) is 8.89. The van der Waals surface area contributed by atoms with E-state index in [1.165, 1.54) is 0 Å². The first-order valence-electron chi connectivity index (χ1n) is 4.04. The highest BCUT2D eigenvalue weighted by atomic mass is 32.1. The molecule has 0 spiro atoms. The maximum absolute atomic E-state index is 5.51. The molecule has 0 saturated heterocycles. The van der Waals surface area contributed by atoms with Crippen LogP contribution in [0, 0.1) is 4.64 Å². The average Bonchev–Trinajstić information content (AvgIpc) is 2.49. The quantitative estimate of drug-likeness (QED) is 0.574. The van der Waals surface area contributed by atoms with E-state index in [1.807, 2.05) is 4.57 Å². The van der Waals surface area contributed by atoms with Gasteiger partial charge in [-0.25, -0.2) is 9.97 Å². The van der Waals surface area contributed by atoms with Crippen LogP contribution in [0.5, 0.6) is 0 Å². The normalized spacial score (nSPS) is 10.6. The van der Waals surface area contributed by atoms with Gasteiger partial charge in [0.1, 0.15) is 5.52 Å². The molecule has 0 atom stereocenters. The number of allylic oxidation sites excluding steroid dienone is 1. The first-order valence-corrected chi connectivity index (χ1v) is 4.44. The largest absolute Gasteiger partial charge is 0.369 e. The van der Waals surface area contributed by atoms with Crippen LogP contribution in [0.25, 0.3) is 11.2 Å². The fourth-order valence-corrected chi connectivity index (χ4v) is 1.60. The summed E-state index contributed by atoms with van der Waals surface area (Å²) in [5, 5.41) is 0. The SMILES string of the molecule is C=CCn1cnc2[nH]c(N)nc(=S)c21. The standard InChI is InChI=1S/C8H9N5S/c1-2-3-13-4-10-6-5(13)7(14)12-8(9)11-6/h2,4H,1,3H2,(H3,9,11,12,14). The number of imidazole rings is 1. The van der Waals surface area contributed by atoms with Gasteiger partial charge in [-0.2, -0.15) is 0 Å². The number of aromatic nitrogens is 4. The second-order valence-electron chi connectivity index (χ2n) is 2.81. The van der Waals surface area contributed by atoms with Crippen molar-refractivity contribution >= 4 is 29.3 Å². The fraction of sp³-hybridized carbons (Fsp3) is 0.125. The van der Waals surface area contributed by atoms with Gasteiger partial charge in [0.25, 0.3) is 0 Å². The highest BCUT2D eigenvalue weighted by molar-refractivity contribution is 7.71. The smallest absolute Gasteiger partial charge is 0.200 e. The molecule has 0 radical (unpaired) electrons. The van der Waals surface area contributed by atoms with E-state index in [1.54, 1.807) is 12.4 Å². The third-order valence-corrected chi connectivity index (χ3v) is 2.12. The molecule has 2 heterocycles. The summed E-state index contributed by atoms with van der Waals surface area (Å²) < 4.78 is 2.32. The van der Waals surface area contributed by atoms with Crippen molar-refractivity contribution in [1.29, 1.82) is 0 Å². The van der Waals surface area contributed by atoms with Crippen molar-refractivity contribution in [3.05, 3.63) is 23.6 Å². The molecule has 72 valence electrons. The lowest BCUT2D eigenvalue weighted by Crippen LogP contribution is -1.98. The van der Waals surface area contributed by atoms with Crippen LogP contribution in [0.2, 0.25) is 0 Å². The van der Waals surface area contributed by atoms with Crippen molar-refractivity contribution in [2.75, 3.05) is 5.73 Å². The minimum atomic E-state index is 0.284. The van der Waals surface area contributed by atoms with E-state index in [0.717, 1.165) is 5.52 Å². The molecular formula is C8H9N5S. The predicted octanol–water partition coefficient (Wildman–Crippen LogP) is 1.26. The number of nitrogens with zero attached hydrogens (tertiary/aromatic N) is 3. The number of anilines is 1. The molecule has 0 aromatic carbocycles. The van der Waals surface area contributed by atoms with Crippen LogP contribution in [0.15, 0.2) is 19.0 Å². The Balaban J connectivity index is 2.79. The maximum atomic E-state index is 5.51. The van der Waals surface area contributed by atoms with Gasteiger partial charge in [0.2, 0.25) is 5.95 Å². The van der Waals surface area contributed by atoms with Crippen molar-refractivity contribution in [3.8, 4) is 0 Å². The van der Waals surface area contributed by atoms with E-state index in [2.05, 4.69) is 21.5 Å². The molecule has 2 rings (SSSR count). The number of H-pyrrole nitrogens is 1. The molecule has 0 aliphatic heterocycles. The van der Waals surface area contributed by atoms with Crippen LogP contribution in [0.1, 0.15) is 0 Å². The molecule has 2 aromatic heterocycles. The topological polar surface area (TPSA) is 72.5 Å². The molecule has 0 amide bonds. The lowest BCUT2D eigenvalue weighted by atomic mass is 10.5. The van der Waals surface area contributed by atoms with Crippen LogP contribution in [-0.2, 0) is 6.54 Å². The summed E-state index contributed by atoms with van der Waals surface area (Å²) in [5.74, 6) is 0.284. The van der Waals surface area contributed by atoms with Gasteiger partial charge in [0.15, 0.2) is 10.3 Å². The minimum absolute atomic E-state index is 0.284. The Morgan fingerprint density at radius 1 is 1.71 bits per heavy atom. The van der Waals surface area contributed by atoms with Gasteiger partial charge < -0.3 is 15.3 Å². The molecule has 2 aromatic rings. The summed E-state index contributed by atoms with van der Waals surface area (Å²) in [6.45, 7) is 4.30. The number of nitrogens with one attached hydrogen (secondary N) is 1. The Labute approximate surface area is 85.3 Å². The predicted molar refractivity (Wildman–Crippen MR) is 57.3 cm³/mol. The van der Waals surface area contributed by atoms with Crippen molar-refractivity contribution in [2.45, 2.75) is 6.54 Å². The Kier molecular flexibility index (Phi) is 2.05. The van der Waals surface area contributed by atoms with Gasteiger partial charge in [-0.05, 0) is 0 Å². The summed E-state index contributed by atoms with van der Waals surface area (Å²) in [6, 6.07) is 0. The molecule has 0 bridgehead atoms. The summed E-state index contributed by atoms with van der Waals surface area (Å²) in [6.07, 6.45) is 3.45. The molecule has 3 N–H and O–H groups in total. The molecular weight excluding hydrogens is 198 g/mol. The van der Waals surface area contributed by atoms with Gasteiger partial charge in [-0.15, -0.1) is 6.58 Å². The van der Waals surface area contributed by atoms with E-state index in [9.17, 15) is 0 Å². The monoisotopic (exact) mass is 207 g/mol. The summed E-state index contributed by atoms with van der Waals surface area (Å²) >= 11 is 5.09. The van der Waals surface area contributed by atoms with Crippen LogP contribution < -0.4 is 5.73 Å². The molecule has 0 unspecified atom stereocenters. The summed E-state index contributed by atoms with van der Waals surface area (Å²) in [7, 11) is 0. The lowest BCUT2D eigenvalue weighted by molar-refractivity contribution is 0.848. The third kappa shape index (κ3) is 1.29. The molecule has 0 aliphatic carbocycles. The highest BCUT2D eigenvalue weighted by Gasteiger charge is 2.05. The van der Waals surface area contributed by atoms with E-state index in [-0.39, 0.29) is 5.95 Å². The number of rotatable bonds is 2. The molecule has 0 aliphatic rings. The van der Waals surface area contributed by atoms with Crippen molar-refractivity contribution in [2.24, 2.45) is 0 Å². The van der Waals surface area contributed by atoms with Gasteiger partial charge in [-0.1, -0.05) is 18.3 Å². The number of nitrogen functional groups attached to an aromatic ring is 1. The maximum Gasteiger partial charge on any atom is 0.200 e. The second kappa shape index (κ2) is 3.22. The number of aromatic amines is 1. The van der Waals surface area contributed by atoms with E-state index in [4.69, 9.17) is 18.0 Å². The average molecular weight is 207 g/mol. The Bertz CT molecular complexity index is 538. The van der Waals surface area contributed by atoms with Crippen LogP contribution in [0.4, 0.5) is 5.95 Å². The fourth-order valence-electron chi connectivity index (χ4n) is 1.29. The summed E-state index contributed by atoms with van der Waals surface area (Å²) in [4.78, 5) is 10.9. The number of hydrogen-bond donors (Lipinski definition) is 2. The number of fused-ring (bicyclic) bond motifs is 1. The van der Waals surface area contributed by atoms with Crippen LogP contribution >= 0.6 is 12.2 Å². The summed E-state index contributed by atoms with van der Waals surface area (Å²) in [5.41, 5.74) is 6.95. The third-order valence-electron chi connectivity index (χ3n) is 1.83. The molecule has 0 saturated carbocycles. The van der Waals surface area contributed by atoms with E-state index >= 15 is 0 Å². The minimum Gasteiger partial charge on any atom is -0.369 e. The molecule has 0 fully saturated rings. The van der Waals surface area contributed by atoms with Crippen molar-refractivity contribution in [1.82, 2.24) is 19.5 Å². The molecule has 5 nitrogen and oxygen atoms in total. The van der Waals surface area contributed by atoms with Gasteiger partial charge >= 0.3 is 0 Å². The number of nitrogens with two attached hydrogens (primary N) is 1. The lowest BCUT2D eigenvalue weighted by Gasteiger charge is -1.99. The van der Waals surface area contributed by atoms with E-state index in [0.29, 0.717) is 16.8 Å². The van der Waals surface area contributed by atoms with Gasteiger partial charge in [0, 0.05) is 6.54 Å². The van der Waals surface area contributed by atoms with Crippen molar-refractivity contribution < 1.29 is 0 Å². The zero-order valence-corrected chi connectivity index (χ0v) is 8.21. The van der Waals surface area contributed by atoms with E-state index < -0.39 is 0 Å². The zero-order valence-electron chi connectivity index (χ0n) is 7.40. The first-order chi connectivity index (χ1) is 6.72. The molecule has 14 heavy (non-hydrogen) atoms.